The van der Waals surface area contributed by atoms with Crippen molar-refractivity contribution >= 4 is 11.8 Å². The highest BCUT2D eigenvalue weighted by Gasteiger charge is 2.37. The van der Waals surface area contributed by atoms with Crippen molar-refractivity contribution in [3.63, 3.8) is 0 Å². The van der Waals surface area contributed by atoms with Crippen molar-refractivity contribution in [3.8, 4) is 11.4 Å². The molecule has 1 spiro atoms. The summed E-state index contributed by atoms with van der Waals surface area (Å²) in [5, 5.41) is 7.73. The molecule has 0 N–H and O–H groups in total. The number of amides is 2. The Morgan fingerprint density at radius 2 is 1.71 bits per heavy atom. The van der Waals surface area contributed by atoms with Crippen molar-refractivity contribution < 1.29 is 14.3 Å². The summed E-state index contributed by atoms with van der Waals surface area (Å²) in [6.07, 6.45) is 10.5. The number of nitrogens with zero attached hydrogens (tertiary/aromatic N) is 5. The summed E-state index contributed by atoms with van der Waals surface area (Å²) in [5.74, 6) is 1.17. The third kappa shape index (κ3) is 6.06. The Morgan fingerprint density at radius 1 is 0.921 bits per heavy atom. The molecule has 0 aliphatic carbocycles. The monoisotopic (exact) mass is 515 g/mol. The fourth-order valence-corrected chi connectivity index (χ4v) is 5.84. The van der Waals surface area contributed by atoms with E-state index in [4.69, 9.17) is 4.74 Å². The minimum absolute atomic E-state index is 0.0334. The van der Waals surface area contributed by atoms with E-state index in [1.807, 2.05) is 53.2 Å². The number of aromatic nitrogens is 3. The molecule has 8 nitrogen and oxygen atoms in total. The van der Waals surface area contributed by atoms with Crippen LogP contribution in [-0.4, -0.2) is 69.7 Å². The number of hydrogen-bond acceptors (Lipinski definition) is 5. The van der Waals surface area contributed by atoms with Crippen LogP contribution in [-0.2, 0) is 11.2 Å². The van der Waals surface area contributed by atoms with Gasteiger partial charge in [0.15, 0.2) is 0 Å². The average molecular weight is 516 g/mol. The van der Waals surface area contributed by atoms with Crippen molar-refractivity contribution in [2.45, 2.75) is 51.4 Å². The molecule has 2 aliphatic rings. The van der Waals surface area contributed by atoms with Gasteiger partial charge >= 0.3 is 0 Å². The molecule has 3 heterocycles. The molecular formula is C30H37N5O3. The van der Waals surface area contributed by atoms with Crippen LogP contribution in [0.3, 0.4) is 0 Å². The molecule has 38 heavy (non-hydrogen) atoms. The maximum Gasteiger partial charge on any atom is 0.253 e. The van der Waals surface area contributed by atoms with E-state index >= 15 is 0 Å². The van der Waals surface area contributed by atoms with Gasteiger partial charge in [-0.3, -0.25) is 14.2 Å². The molecule has 0 bridgehead atoms. The van der Waals surface area contributed by atoms with Crippen molar-refractivity contribution in [1.82, 2.24) is 24.6 Å². The largest absolute Gasteiger partial charge is 0.493 e. The summed E-state index contributed by atoms with van der Waals surface area (Å²) in [6.45, 7) is 2.70. The Bertz CT molecular complexity index is 1230. The van der Waals surface area contributed by atoms with Crippen LogP contribution in [0.1, 0.15) is 60.9 Å². The summed E-state index contributed by atoms with van der Waals surface area (Å²) >= 11 is 0. The van der Waals surface area contributed by atoms with Gasteiger partial charge in [-0.15, -0.1) is 10.2 Å². The second-order valence-corrected chi connectivity index (χ2v) is 10.7. The lowest BCUT2D eigenvalue weighted by atomic mass is 9.73. The number of hydrogen-bond donors (Lipinski definition) is 0. The second kappa shape index (κ2) is 11.8. The minimum atomic E-state index is 0.0334. The average Bonchev–Trinajstić information content (AvgIpc) is 3.49. The number of rotatable bonds is 2. The smallest absolute Gasteiger partial charge is 0.253 e. The van der Waals surface area contributed by atoms with E-state index in [-0.39, 0.29) is 17.2 Å². The molecule has 1 saturated heterocycles. The van der Waals surface area contributed by atoms with Gasteiger partial charge in [0.25, 0.3) is 5.91 Å². The van der Waals surface area contributed by atoms with Gasteiger partial charge in [0.05, 0.1) is 6.61 Å². The van der Waals surface area contributed by atoms with Crippen LogP contribution >= 0.6 is 0 Å². The van der Waals surface area contributed by atoms with Crippen LogP contribution in [0.2, 0.25) is 0 Å². The first-order valence-corrected chi connectivity index (χ1v) is 13.7. The summed E-state index contributed by atoms with van der Waals surface area (Å²) in [5.41, 5.74) is 2.82. The Kier molecular flexibility index (Phi) is 8.05. The highest BCUT2D eigenvalue weighted by Crippen LogP contribution is 2.38. The van der Waals surface area contributed by atoms with Crippen LogP contribution in [0.4, 0.5) is 0 Å². The highest BCUT2D eigenvalue weighted by atomic mass is 16.5. The Balaban J connectivity index is 1.26. The lowest BCUT2D eigenvalue weighted by molar-refractivity contribution is -0.132. The molecule has 3 aromatic rings. The molecule has 2 aromatic carbocycles. The molecule has 5 rings (SSSR count). The van der Waals surface area contributed by atoms with Gasteiger partial charge in [-0.25, -0.2) is 0 Å². The van der Waals surface area contributed by atoms with E-state index in [1.165, 1.54) is 5.56 Å². The van der Waals surface area contributed by atoms with E-state index in [9.17, 15) is 9.59 Å². The van der Waals surface area contributed by atoms with Crippen molar-refractivity contribution in [2.24, 2.45) is 5.41 Å². The number of carbonyl (C=O) groups is 2. The van der Waals surface area contributed by atoms with Crippen LogP contribution < -0.4 is 4.74 Å². The lowest BCUT2D eigenvalue weighted by Gasteiger charge is -2.44. The first-order valence-electron chi connectivity index (χ1n) is 13.7. The zero-order chi connectivity index (χ0) is 26.4. The predicted molar refractivity (Wildman–Crippen MR) is 145 cm³/mol. The van der Waals surface area contributed by atoms with E-state index in [0.717, 1.165) is 56.5 Å². The van der Waals surface area contributed by atoms with Gasteiger partial charge in [0.1, 0.15) is 18.4 Å². The van der Waals surface area contributed by atoms with E-state index in [2.05, 4.69) is 22.3 Å². The molecule has 200 valence electrons. The number of ether oxygens (including phenoxy) is 1. The van der Waals surface area contributed by atoms with E-state index in [1.54, 1.807) is 17.2 Å². The van der Waals surface area contributed by atoms with Gasteiger partial charge in [0, 0.05) is 44.4 Å². The molecule has 2 aliphatic heterocycles. The topological polar surface area (TPSA) is 80.6 Å². The second-order valence-electron chi connectivity index (χ2n) is 10.7. The van der Waals surface area contributed by atoms with Gasteiger partial charge < -0.3 is 14.5 Å². The predicted octanol–water partition coefficient (Wildman–Crippen LogP) is 4.53. The first kappa shape index (κ1) is 25.9. The maximum absolute atomic E-state index is 13.4. The number of para-hydroxylation sites is 1. The molecule has 2 amide bonds. The fourth-order valence-electron chi connectivity index (χ4n) is 5.84. The van der Waals surface area contributed by atoms with Crippen LogP contribution in [0.5, 0.6) is 5.75 Å². The van der Waals surface area contributed by atoms with Crippen LogP contribution in [0, 0.1) is 5.41 Å². The third-order valence-electron chi connectivity index (χ3n) is 8.09. The van der Waals surface area contributed by atoms with Gasteiger partial charge in [-0.1, -0.05) is 30.7 Å². The van der Waals surface area contributed by atoms with Crippen LogP contribution in [0.15, 0.2) is 61.2 Å². The van der Waals surface area contributed by atoms with E-state index in [0.29, 0.717) is 38.1 Å². The normalized spacial score (nSPS) is 18.9. The zero-order valence-corrected chi connectivity index (χ0v) is 22.2. The van der Waals surface area contributed by atoms with Gasteiger partial charge in [0.2, 0.25) is 5.91 Å². The number of carbonyl (C=O) groups excluding carboxylic acids is 2. The number of piperidine rings is 1. The molecule has 1 aromatic heterocycles. The number of fused-ring (bicyclic) bond motifs is 1. The Hall–Kier alpha value is -3.68. The standard InChI is InChI=1S/C30H37N5O3/c1-33-21-30(14-5-4-9-24-8-2-3-12-27(24)38-19-7-13-28(33)36)15-17-34(18-16-30)29(37)25-10-6-11-26(20-25)35-22-31-32-23-35/h2-3,6,8,10-12,20,22-23H,4-5,7,9,13-19,21H2,1H3. The number of aryl methyl sites for hydroxylation is 1. The molecule has 0 unspecified atom stereocenters. The molecule has 0 saturated carbocycles. The quantitative estimate of drug-likeness (QED) is 0.501. The molecule has 0 atom stereocenters. The first-order chi connectivity index (χ1) is 18.5. The molecular weight excluding hydrogens is 478 g/mol. The maximum atomic E-state index is 13.4. The third-order valence-corrected chi connectivity index (χ3v) is 8.09. The zero-order valence-electron chi connectivity index (χ0n) is 22.2. The molecule has 1 fully saturated rings. The SMILES string of the molecule is CN1CC2(CCCCc3ccccc3OCCCC1=O)CCN(C(=O)c1cccc(-n3cnnc3)c1)CC2. The summed E-state index contributed by atoms with van der Waals surface area (Å²) in [6, 6.07) is 15.9. The number of benzene rings is 2. The van der Waals surface area contributed by atoms with Crippen molar-refractivity contribution in [1.29, 1.82) is 0 Å². The Morgan fingerprint density at radius 3 is 2.53 bits per heavy atom. The van der Waals surface area contributed by atoms with Crippen molar-refractivity contribution in [2.75, 3.05) is 33.3 Å². The van der Waals surface area contributed by atoms with Gasteiger partial charge in [-0.2, -0.15) is 0 Å². The Labute approximate surface area is 224 Å². The van der Waals surface area contributed by atoms with Crippen LogP contribution in [0.25, 0.3) is 5.69 Å². The minimum Gasteiger partial charge on any atom is -0.493 e. The summed E-state index contributed by atoms with van der Waals surface area (Å²) < 4.78 is 7.81. The summed E-state index contributed by atoms with van der Waals surface area (Å²) in [7, 11) is 1.93. The highest BCUT2D eigenvalue weighted by molar-refractivity contribution is 5.94. The molecule has 8 heteroatoms. The fraction of sp³-hybridized carbons (Fsp3) is 0.467. The van der Waals surface area contributed by atoms with Crippen molar-refractivity contribution in [3.05, 3.63) is 72.3 Å². The molecule has 0 radical (unpaired) electrons. The number of likely N-dealkylation sites (tertiary alicyclic amines) is 1. The summed E-state index contributed by atoms with van der Waals surface area (Å²) in [4.78, 5) is 30.2. The van der Waals surface area contributed by atoms with E-state index < -0.39 is 0 Å². The van der Waals surface area contributed by atoms with Gasteiger partial charge in [-0.05, 0) is 73.8 Å². The lowest BCUT2D eigenvalue weighted by Crippen LogP contribution is -2.48.